The molecule has 2 amide bonds. The van der Waals surface area contributed by atoms with Crippen LogP contribution in [0.3, 0.4) is 0 Å². The minimum atomic E-state index is -0.912. The Hall–Kier alpha value is -2.96. The summed E-state index contributed by atoms with van der Waals surface area (Å²) in [4.78, 5) is 23.0. The van der Waals surface area contributed by atoms with E-state index in [4.69, 9.17) is 10.5 Å². The number of para-hydroxylation sites is 1. The Balaban J connectivity index is 2.00. The second kappa shape index (κ2) is 6.66. The van der Waals surface area contributed by atoms with Crippen LogP contribution in [-0.4, -0.2) is 18.4 Å². The van der Waals surface area contributed by atoms with Gasteiger partial charge in [0.05, 0.1) is 11.3 Å². The summed E-state index contributed by atoms with van der Waals surface area (Å²) in [7, 11) is 0. The summed E-state index contributed by atoms with van der Waals surface area (Å²) in [6.07, 6.45) is 0. The maximum Gasteiger partial charge on any atom is 0.262 e. The van der Waals surface area contributed by atoms with E-state index in [0.29, 0.717) is 6.07 Å². The van der Waals surface area contributed by atoms with E-state index in [0.717, 1.165) is 12.1 Å². The highest BCUT2D eigenvalue weighted by molar-refractivity contribution is 6.03. The van der Waals surface area contributed by atoms with Gasteiger partial charge in [-0.25, -0.2) is 8.78 Å². The van der Waals surface area contributed by atoms with Crippen LogP contribution >= 0.6 is 0 Å². The lowest BCUT2D eigenvalue weighted by Gasteiger charge is -2.10. The zero-order valence-electron chi connectivity index (χ0n) is 11.3. The van der Waals surface area contributed by atoms with Crippen LogP contribution in [0.2, 0.25) is 0 Å². The van der Waals surface area contributed by atoms with Gasteiger partial charge in [0, 0.05) is 6.07 Å². The molecule has 0 atom stereocenters. The number of carbonyl (C=O) groups is 2. The topological polar surface area (TPSA) is 81.4 Å². The average Bonchev–Trinajstić information content (AvgIpc) is 2.46. The van der Waals surface area contributed by atoms with Crippen molar-refractivity contribution in [2.75, 3.05) is 11.9 Å². The number of primary amides is 1. The molecular formula is C15H12F2N2O3. The Morgan fingerprint density at radius 3 is 2.55 bits per heavy atom. The standard InChI is InChI=1S/C15H12F2N2O3/c16-9-5-6-13(11(17)7-9)22-8-14(20)19-12-4-2-1-3-10(12)15(18)21/h1-7H,8H2,(H2,18,21)(H,19,20). The zero-order chi connectivity index (χ0) is 16.1. The van der Waals surface area contributed by atoms with Gasteiger partial charge in [-0.2, -0.15) is 0 Å². The van der Waals surface area contributed by atoms with Crippen molar-refractivity contribution in [3.8, 4) is 5.75 Å². The molecule has 0 heterocycles. The molecule has 0 aliphatic heterocycles. The summed E-state index contributed by atoms with van der Waals surface area (Å²) in [6.45, 7) is -0.504. The lowest BCUT2D eigenvalue weighted by molar-refractivity contribution is -0.118. The van der Waals surface area contributed by atoms with Crippen molar-refractivity contribution >= 4 is 17.5 Å². The van der Waals surface area contributed by atoms with Crippen molar-refractivity contribution in [3.05, 3.63) is 59.7 Å². The molecule has 0 spiro atoms. The molecular weight excluding hydrogens is 294 g/mol. The molecule has 0 radical (unpaired) electrons. The predicted octanol–water partition coefficient (Wildman–Crippen LogP) is 2.08. The number of anilines is 1. The van der Waals surface area contributed by atoms with Gasteiger partial charge >= 0.3 is 0 Å². The molecule has 0 aromatic heterocycles. The van der Waals surface area contributed by atoms with E-state index in [2.05, 4.69) is 5.32 Å². The first kappa shape index (κ1) is 15.4. The first-order valence-electron chi connectivity index (χ1n) is 6.24. The van der Waals surface area contributed by atoms with Crippen molar-refractivity contribution in [1.82, 2.24) is 0 Å². The fourth-order valence-corrected chi connectivity index (χ4v) is 1.73. The maximum atomic E-state index is 13.3. The second-order valence-electron chi connectivity index (χ2n) is 4.32. The first-order valence-corrected chi connectivity index (χ1v) is 6.24. The largest absolute Gasteiger partial charge is 0.481 e. The zero-order valence-corrected chi connectivity index (χ0v) is 11.3. The van der Waals surface area contributed by atoms with Crippen LogP contribution in [0.5, 0.6) is 5.75 Å². The minimum absolute atomic E-state index is 0.142. The lowest BCUT2D eigenvalue weighted by atomic mass is 10.1. The van der Waals surface area contributed by atoms with Crippen molar-refractivity contribution in [2.45, 2.75) is 0 Å². The number of halogens is 2. The Labute approximate surface area is 124 Å². The molecule has 0 bridgehead atoms. The molecule has 3 N–H and O–H groups in total. The molecule has 7 heteroatoms. The molecule has 5 nitrogen and oxygen atoms in total. The molecule has 22 heavy (non-hydrogen) atoms. The SMILES string of the molecule is NC(=O)c1ccccc1NC(=O)COc1ccc(F)cc1F. The average molecular weight is 306 g/mol. The highest BCUT2D eigenvalue weighted by atomic mass is 19.1. The number of ether oxygens (including phenoxy) is 1. The lowest BCUT2D eigenvalue weighted by Crippen LogP contribution is -2.23. The summed E-state index contributed by atoms with van der Waals surface area (Å²) in [5.74, 6) is -3.21. The van der Waals surface area contributed by atoms with E-state index in [1.807, 2.05) is 0 Å². The molecule has 0 unspecified atom stereocenters. The summed E-state index contributed by atoms with van der Waals surface area (Å²) >= 11 is 0. The Morgan fingerprint density at radius 2 is 1.86 bits per heavy atom. The molecule has 2 aromatic rings. The summed E-state index contributed by atoms with van der Waals surface area (Å²) in [5.41, 5.74) is 5.55. The third-order valence-corrected chi connectivity index (χ3v) is 2.72. The molecule has 2 rings (SSSR count). The van der Waals surface area contributed by atoms with Gasteiger partial charge in [-0.15, -0.1) is 0 Å². The number of nitrogens with two attached hydrogens (primary N) is 1. The Morgan fingerprint density at radius 1 is 1.14 bits per heavy atom. The van der Waals surface area contributed by atoms with Gasteiger partial charge in [-0.05, 0) is 24.3 Å². The van der Waals surface area contributed by atoms with Gasteiger partial charge in [-0.3, -0.25) is 9.59 Å². The van der Waals surface area contributed by atoms with Crippen molar-refractivity contribution in [3.63, 3.8) is 0 Å². The van der Waals surface area contributed by atoms with Gasteiger partial charge in [0.1, 0.15) is 5.82 Å². The monoisotopic (exact) mass is 306 g/mol. The van der Waals surface area contributed by atoms with Crippen molar-refractivity contribution in [1.29, 1.82) is 0 Å². The van der Waals surface area contributed by atoms with Gasteiger partial charge in [0.15, 0.2) is 18.2 Å². The van der Waals surface area contributed by atoms with Crippen LogP contribution in [0, 0.1) is 11.6 Å². The first-order chi connectivity index (χ1) is 10.5. The Bertz CT molecular complexity index is 720. The molecule has 0 fully saturated rings. The molecule has 0 saturated carbocycles. The van der Waals surface area contributed by atoms with E-state index in [9.17, 15) is 18.4 Å². The van der Waals surface area contributed by atoms with Crippen LogP contribution in [0.4, 0.5) is 14.5 Å². The van der Waals surface area contributed by atoms with Gasteiger partial charge in [-0.1, -0.05) is 12.1 Å². The number of hydrogen-bond acceptors (Lipinski definition) is 3. The minimum Gasteiger partial charge on any atom is -0.481 e. The van der Waals surface area contributed by atoms with Crippen molar-refractivity contribution in [2.24, 2.45) is 5.73 Å². The number of rotatable bonds is 5. The van der Waals surface area contributed by atoms with Gasteiger partial charge in [0.25, 0.3) is 11.8 Å². The highest BCUT2D eigenvalue weighted by Gasteiger charge is 2.12. The quantitative estimate of drug-likeness (QED) is 0.887. The van der Waals surface area contributed by atoms with E-state index in [1.165, 1.54) is 12.1 Å². The number of benzene rings is 2. The van der Waals surface area contributed by atoms with E-state index in [-0.39, 0.29) is 17.0 Å². The molecule has 0 saturated heterocycles. The molecule has 0 aliphatic carbocycles. The molecule has 114 valence electrons. The fraction of sp³-hybridized carbons (Fsp3) is 0.0667. The Kier molecular flexibility index (Phi) is 4.67. The van der Waals surface area contributed by atoms with Crippen LogP contribution < -0.4 is 15.8 Å². The molecule has 2 aromatic carbocycles. The van der Waals surface area contributed by atoms with Crippen LogP contribution in [0.15, 0.2) is 42.5 Å². The number of carbonyl (C=O) groups excluding carboxylic acids is 2. The molecule has 0 aliphatic rings. The summed E-state index contributed by atoms with van der Waals surface area (Å²) in [6, 6.07) is 8.90. The van der Waals surface area contributed by atoms with Gasteiger partial charge in [0.2, 0.25) is 0 Å². The smallest absolute Gasteiger partial charge is 0.262 e. The third kappa shape index (κ3) is 3.78. The second-order valence-corrected chi connectivity index (χ2v) is 4.32. The third-order valence-electron chi connectivity index (χ3n) is 2.72. The number of amides is 2. The maximum absolute atomic E-state index is 13.3. The van der Waals surface area contributed by atoms with Crippen LogP contribution in [0.1, 0.15) is 10.4 Å². The number of nitrogens with one attached hydrogen (secondary N) is 1. The van der Waals surface area contributed by atoms with Crippen molar-refractivity contribution < 1.29 is 23.1 Å². The summed E-state index contributed by atoms with van der Waals surface area (Å²) < 4.78 is 31.0. The highest BCUT2D eigenvalue weighted by Crippen LogP contribution is 2.18. The van der Waals surface area contributed by atoms with E-state index >= 15 is 0 Å². The van der Waals surface area contributed by atoms with E-state index < -0.39 is 30.1 Å². The summed E-state index contributed by atoms with van der Waals surface area (Å²) in [5, 5.41) is 2.43. The van der Waals surface area contributed by atoms with Crippen LogP contribution in [0.25, 0.3) is 0 Å². The number of hydrogen-bond donors (Lipinski definition) is 2. The normalized spacial score (nSPS) is 10.1. The predicted molar refractivity (Wildman–Crippen MR) is 75.4 cm³/mol. The van der Waals surface area contributed by atoms with Crippen LogP contribution in [-0.2, 0) is 4.79 Å². The van der Waals surface area contributed by atoms with Gasteiger partial charge < -0.3 is 15.8 Å². The van der Waals surface area contributed by atoms with E-state index in [1.54, 1.807) is 12.1 Å². The fourth-order valence-electron chi connectivity index (χ4n) is 1.73.